The lowest BCUT2D eigenvalue weighted by molar-refractivity contribution is 0.0219. The van der Waals surface area contributed by atoms with E-state index in [0.29, 0.717) is 6.04 Å². The summed E-state index contributed by atoms with van der Waals surface area (Å²) in [5.74, 6) is 0. The summed E-state index contributed by atoms with van der Waals surface area (Å²) in [4.78, 5) is 9.39. The highest BCUT2D eigenvalue weighted by molar-refractivity contribution is 5.17. The zero-order chi connectivity index (χ0) is 13.9. The third-order valence-corrected chi connectivity index (χ3v) is 4.81. The number of aromatic nitrogens is 1. The van der Waals surface area contributed by atoms with Gasteiger partial charge in [0, 0.05) is 50.2 Å². The number of nitrogens with zero attached hydrogens (tertiary/aromatic N) is 3. The lowest BCUT2D eigenvalue weighted by atomic mass is 9.94. The van der Waals surface area contributed by atoms with Crippen LogP contribution in [0.2, 0.25) is 0 Å². The van der Waals surface area contributed by atoms with Crippen molar-refractivity contribution in [3.63, 3.8) is 0 Å². The fourth-order valence-electron chi connectivity index (χ4n) is 3.84. The van der Waals surface area contributed by atoms with Gasteiger partial charge >= 0.3 is 0 Å². The molecular formula is C16H26N4. The Hall–Kier alpha value is -0.970. The molecule has 0 aliphatic carbocycles. The fraction of sp³-hybridized carbons (Fsp3) is 0.688. The Morgan fingerprint density at radius 3 is 2.75 bits per heavy atom. The normalized spacial score (nSPS) is 27.8. The van der Waals surface area contributed by atoms with Gasteiger partial charge in [0.05, 0.1) is 0 Å². The number of nitrogens with two attached hydrogens (primary N) is 1. The molecule has 3 unspecified atom stereocenters. The SMILES string of the molecule is CC(N)C(c1ccncc1)N1CCN2CCCCC2C1. The van der Waals surface area contributed by atoms with Gasteiger partial charge in [0.2, 0.25) is 0 Å². The van der Waals surface area contributed by atoms with Crippen LogP contribution in [-0.2, 0) is 0 Å². The highest BCUT2D eigenvalue weighted by atomic mass is 15.3. The van der Waals surface area contributed by atoms with Gasteiger partial charge in [0.25, 0.3) is 0 Å². The molecular weight excluding hydrogens is 248 g/mol. The molecule has 1 aromatic rings. The Kier molecular flexibility index (Phi) is 4.34. The molecule has 3 rings (SSSR count). The largest absolute Gasteiger partial charge is 0.326 e. The number of pyridine rings is 1. The van der Waals surface area contributed by atoms with Crippen LogP contribution in [0.4, 0.5) is 0 Å². The van der Waals surface area contributed by atoms with Crippen molar-refractivity contribution in [1.82, 2.24) is 14.8 Å². The predicted molar refractivity (Wildman–Crippen MR) is 81.4 cm³/mol. The maximum absolute atomic E-state index is 6.29. The van der Waals surface area contributed by atoms with E-state index in [4.69, 9.17) is 5.73 Å². The summed E-state index contributed by atoms with van der Waals surface area (Å²) in [6, 6.07) is 5.43. The smallest absolute Gasteiger partial charge is 0.0498 e. The van der Waals surface area contributed by atoms with Crippen LogP contribution in [0.3, 0.4) is 0 Å². The van der Waals surface area contributed by atoms with Crippen LogP contribution in [0.15, 0.2) is 24.5 Å². The maximum Gasteiger partial charge on any atom is 0.0498 e. The number of hydrogen-bond donors (Lipinski definition) is 1. The van der Waals surface area contributed by atoms with Crippen molar-refractivity contribution in [3.8, 4) is 0 Å². The number of rotatable bonds is 3. The summed E-state index contributed by atoms with van der Waals surface area (Å²) in [6.07, 6.45) is 7.85. The molecule has 0 radical (unpaired) electrons. The Morgan fingerprint density at radius 1 is 1.20 bits per heavy atom. The molecule has 0 spiro atoms. The van der Waals surface area contributed by atoms with Crippen molar-refractivity contribution in [2.75, 3.05) is 26.2 Å². The van der Waals surface area contributed by atoms with Gasteiger partial charge in [-0.1, -0.05) is 6.42 Å². The number of fused-ring (bicyclic) bond motifs is 1. The van der Waals surface area contributed by atoms with E-state index in [1.165, 1.54) is 37.9 Å². The molecule has 2 aliphatic heterocycles. The maximum atomic E-state index is 6.29. The van der Waals surface area contributed by atoms with Crippen LogP contribution in [0, 0.1) is 0 Å². The molecule has 3 atom stereocenters. The molecule has 3 heterocycles. The Bertz CT molecular complexity index is 420. The van der Waals surface area contributed by atoms with Crippen LogP contribution in [0.1, 0.15) is 37.8 Å². The van der Waals surface area contributed by atoms with E-state index in [9.17, 15) is 0 Å². The highest BCUT2D eigenvalue weighted by Crippen LogP contribution is 2.29. The fourth-order valence-corrected chi connectivity index (χ4v) is 3.84. The van der Waals surface area contributed by atoms with E-state index in [-0.39, 0.29) is 6.04 Å². The van der Waals surface area contributed by atoms with Crippen molar-refractivity contribution in [3.05, 3.63) is 30.1 Å². The molecule has 110 valence electrons. The molecule has 4 nitrogen and oxygen atoms in total. The van der Waals surface area contributed by atoms with Crippen molar-refractivity contribution < 1.29 is 0 Å². The molecule has 2 fully saturated rings. The van der Waals surface area contributed by atoms with Gasteiger partial charge in [-0.05, 0) is 44.0 Å². The van der Waals surface area contributed by atoms with Gasteiger partial charge < -0.3 is 5.73 Å². The third kappa shape index (κ3) is 2.87. The first-order chi connectivity index (χ1) is 9.75. The zero-order valence-electron chi connectivity index (χ0n) is 12.4. The predicted octanol–water partition coefficient (Wildman–Crippen LogP) is 1.64. The van der Waals surface area contributed by atoms with E-state index in [1.807, 2.05) is 12.4 Å². The van der Waals surface area contributed by atoms with Crippen LogP contribution in [-0.4, -0.2) is 53.0 Å². The average molecular weight is 274 g/mol. The molecule has 2 N–H and O–H groups in total. The first-order valence-corrected chi connectivity index (χ1v) is 7.89. The molecule has 2 aliphatic rings. The molecule has 0 saturated carbocycles. The second-order valence-electron chi connectivity index (χ2n) is 6.27. The molecule has 4 heteroatoms. The Labute approximate surface area is 122 Å². The second kappa shape index (κ2) is 6.20. The molecule has 1 aromatic heterocycles. The van der Waals surface area contributed by atoms with Gasteiger partial charge in [-0.15, -0.1) is 0 Å². The summed E-state index contributed by atoms with van der Waals surface area (Å²) in [7, 11) is 0. The van der Waals surface area contributed by atoms with Crippen molar-refractivity contribution in [2.45, 2.75) is 44.3 Å². The molecule has 0 amide bonds. The van der Waals surface area contributed by atoms with E-state index < -0.39 is 0 Å². The third-order valence-electron chi connectivity index (χ3n) is 4.81. The average Bonchev–Trinajstić information content (AvgIpc) is 2.48. The molecule has 2 saturated heterocycles. The number of piperidine rings is 1. The van der Waals surface area contributed by atoms with Gasteiger partial charge in [-0.3, -0.25) is 14.8 Å². The van der Waals surface area contributed by atoms with Crippen LogP contribution in [0.25, 0.3) is 0 Å². The van der Waals surface area contributed by atoms with Gasteiger partial charge in [-0.2, -0.15) is 0 Å². The summed E-state index contributed by atoms with van der Waals surface area (Å²) >= 11 is 0. The molecule has 0 aromatic carbocycles. The number of piperazine rings is 1. The monoisotopic (exact) mass is 274 g/mol. The first-order valence-electron chi connectivity index (χ1n) is 7.89. The summed E-state index contributed by atoms with van der Waals surface area (Å²) in [6.45, 7) is 6.90. The minimum absolute atomic E-state index is 0.146. The summed E-state index contributed by atoms with van der Waals surface area (Å²) < 4.78 is 0. The highest BCUT2D eigenvalue weighted by Gasteiger charge is 2.33. The lowest BCUT2D eigenvalue weighted by Gasteiger charge is -2.47. The van der Waals surface area contributed by atoms with Crippen LogP contribution >= 0.6 is 0 Å². The van der Waals surface area contributed by atoms with E-state index in [2.05, 4.69) is 33.8 Å². The minimum atomic E-state index is 0.146. The Morgan fingerprint density at radius 2 is 2.00 bits per heavy atom. The van der Waals surface area contributed by atoms with E-state index in [1.54, 1.807) is 0 Å². The standard InChI is InChI=1S/C16H26N4/c1-13(17)16(14-5-7-18-8-6-14)20-11-10-19-9-3-2-4-15(19)12-20/h5-8,13,15-16H,2-4,9-12,17H2,1H3. The van der Waals surface area contributed by atoms with Crippen molar-refractivity contribution in [1.29, 1.82) is 0 Å². The molecule has 20 heavy (non-hydrogen) atoms. The lowest BCUT2D eigenvalue weighted by Crippen LogP contribution is -2.57. The minimum Gasteiger partial charge on any atom is -0.326 e. The second-order valence-corrected chi connectivity index (χ2v) is 6.27. The zero-order valence-corrected chi connectivity index (χ0v) is 12.4. The van der Waals surface area contributed by atoms with Crippen molar-refractivity contribution in [2.24, 2.45) is 5.73 Å². The van der Waals surface area contributed by atoms with Gasteiger partial charge in [0.1, 0.15) is 0 Å². The number of hydrogen-bond acceptors (Lipinski definition) is 4. The summed E-state index contributed by atoms with van der Waals surface area (Å²) in [5.41, 5.74) is 7.60. The quantitative estimate of drug-likeness (QED) is 0.910. The summed E-state index contributed by atoms with van der Waals surface area (Å²) in [5, 5.41) is 0. The van der Waals surface area contributed by atoms with Gasteiger partial charge in [0.15, 0.2) is 0 Å². The van der Waals surface area contributed by atoms with Crippen molar-refractivity contribution >= 4 is 0 Å². The van der Waals surface area contributed by atoms with Gasteiger partial charge in [-0.25, -0.2) is 0 Å². The van der Waals surface area contributed by atoms with E-state index >= 15 is 0 Å². The first kappa shape index (κ1) is 14.0. The molecule has 0 bridgehead atoms. The van der Waals surface area contributed by atoms with E-state index in [0.717, 1.165) is 19.1 Å². The topological polar surface area (TPSA) is 45.4 Å². The Balaban J connectivity index is 1.75. The van der Waals surface area contributed by atoms with Crippen LogP contribution in [0.5, 0.6) is 0 Å². The van der Waals surface area contributed by atoms with Crippen LogP contribution < -0.4 is 5.73 Å².